The molecule has 0 amide bonds. The van der Waals surface area contributed by atoms with Crippen LogP contribution in [0.2, 0.25) is 0 Å². The lowest BCUT2D eigenvalue weighted by atomic mass is 9.99. The van der Waals surface area contributed by atoms with E-state index in [1.807, 2.05) is 66.9 Å². The molecule has 0 aliphatic rings. The molecule has 43 heavy (non-hydrogen) atoms. The highest BCUT2D eigenvalue weighted by atomic mass is 16.3. The fourth-order valence-corrected chi connectivity index (χ4v) is 5.58. The molecular formula is C39H25N3O. The summed E-state index contributed by atoms with van der Waals surface area (Å²) in [5.74, 6) is 0. The van der Waals surface area contributed by atoms with Gasteiger partial charge in [0.2, 0.25) is 0 Å². The molecule has 0 aliphatic heterocycles. The van der Waals surface area contributed by atoms with Crippen LogP contribution in [0.1, 0.15) is 0 Å². The second-order valence-corrected chi connectivity index (χ2v) is 10.5. The minimum absolute atomic E-state index is 0.811. The van der Waals surface area contributed by atoms with Crippen LogP contribution in [0.3, 0.4) is 0 Å². The van der Waals surface area contributed by atoms with Gasteiger partial charge in [-0.25, -0.2) is 4.98 Å². The number of nitrogens with zero attached hydrogens (tertiary/aromatic N) is 3. The lowest BCUT2D eigenvalue weighted by Crippen LogP contribution is -1.94. The van der Waals surface area contributed by atoms with Crippen molar-refractivity contribution in [3.8, 4) is 56.2 Å². The minimum atomic E-state index is 0.811. The zero-order valence-corrected chi connectivity index (χ0v) is 23.2. The highest BCUT2D eigenvalue weighted by molar-refractivity contribution is 6.06. The summed E-state index contributed by atoms with van der Waals surface area (Å²) in [7, 11) is 0. The Labute approximate surface area is 249 Å². The van der Waals surface area contributed by atoms with Gasteiger partial charge in [0.25, 0.3) is 0 Å². The first kappa shape index (κ1) is 24.9. The standard InChI is InChI=1S/C39H25N3O/c1-2-8-26(9-3-1)31-23-36(34-11-6-7-21-40-34)42-37(24-31)35-19-17-30(25-41-35)28-15-13-27(14-16-28)29-18-20-39-33(22-29)32-10-4-5-12-38(32)43-39/h1-25H. The molecule has 0 saturated heterocycles. The summed E-state index contributed by atoms with van der Waals surface area (Å²) in [5, 5.41) is 2.27. The molecule has 8 aromatic rings. The second-order valence-electron chi connectivity index (χ2n) is 10.5. The van der Waals surface area contributed by atoms with E-state index in [0.29, 0.717) is 0 Å². The van der Waals surface area contributed by atoms with Crippen molar-refractivity contribution in [3.05, 3.63) is 152 Å². The molecule has 0 N–H and O–H groups in total. The average molecular weight is 552 g/mol. The van der Waals surface area contributed by atoms with Crippen molar-refractivity contribution in [1.82, 2.24) is 15.0 Å². The number of furan rings is 1. The number of rotatable bonds is 5. The van der Waals surface area contributed by atoms with E-state index in [-0.39, 0.29) is 0 Å². The molecule has 0 spiro atoms. The molecule has 8 rings (SSSR count). The molecule has 0 radical (unpaired) electrons. The molecule has 0 fully saturated rings. The first-order valence-corrected chi connectivity index (χ1v) is 14.3. The normalized spacial score (nSPS) is 11.3. The van der Waals surface area contributed by atoms with Crippen molar-refractivity contribution < 1.29 is 4.42 Å². The number of pyridine rings is 3. The van der Waals surface area contributed by atoms with Crippen molar-refractivity contribution in [1.29, 1.82) is 0 Å². The van der Waals surface area contributed by atoms with E-state index in [2.05, 4.69) is 83.8 Å². The number of para-hydroxylation sites is 1. The Kier molecular flexibility index (Phi) is 6.08. The number of fused-ring (bicyclic) bond motifs is 3. The summed E-state index contributed by atoms with van der Waals surface area (Å²) >= 11 is 0. The van der Waals surface area contributed by atoms with Crippen LogP contribution in [0.5, 0.6) is 0 Å². The van der Waals surface area contributed by atoms with Gasteiger partial charge in [-0.15, -0.1) is 0 Å². The average Bonchev–Trinajstić information content (AvgIpc) is 3.47. The SMILES string of the molecule is c1ccc(-c2cc(-c3ccccn3)nc(-c3ccc(-c4ccc(-c5ccc6oc7ccccc7c6c5)cc4)cn3)c2)cc1. The molecule has 0 unspecified atom stereocenters. The fraction of sp³-hybridized carbons (Fsp3) is 0. The highest BCUT2D eigenvalue weighted by Gasteiger charge is 2.12. The van der Waals surface area contributed by atoms with Crippen LogP contribution in [0.4, 0.5) is 0 Å². The van der Waals surface area contributed by atoms with Crippen LogP contribution in [0.25, 0.3) is 78.1 Å². The quantitative estimate of drug-likeness (QED) is 0.214. The number of hydrogen-bond donors (Lipinski definition) is 0. The number of benzene rings is 4. The maximum atomic E-state index is 6.01. The third-order valence-electron chi connectivity index (χ3n) is 7.81. The predicted molar refractivity (Wildman–Crippen MR) is 174 cm³/mol. The summed E-state index contributed by atoms with van der Waals surface area (Å²) in [5.41, 5.74) is 11.8. The molecular weight excluding hydrogens is 526 g/mol. The lowest BCUT2D eigenvalue weighted by molar-refractivity contribution is 0.669. The number of aromatic nitrogens is 3. The van der Waals surface area contributed by atoms with Gasteiger partial charge in [0.15, 0.2) is 0 Å². The molecule has 0 bridgehead atoms. The van der Waals surface area contributed by atoms with Crippen LogP contribution < -0.4 is 0 Å². The van der Waals surface area contributed by atoms with Crippen molar-refractivity contribution in [2.75, 3.05) is 0 Å². The Morgan fingerprint density at radius 1 is 0.372 bits per heavy atom. The topological polar surface area (TPSA) is 51.8 Å². The van der Waals surface area contributed by atoms with E-state index in [1.54, 1.807) is 6.20 Å². The van der Waals surface area contributed by atoms with Crippen LogP contribution in [-0.4, -0.2) is 15.0 Å². The van der Waals surface area contributed by atoms with Crippen LogP contribution in [-0.2, 0) is 0 Å². The van der Waals surface area contributed by atoms with Gasteiger partial charge in [0.1, 0.15) is 11.2 Å². The van der Waals surface area contributed by atoms with Crippen molar-refractivity contribution in [3.63, 3.8) is 0 Å². The zero-order chi connectivity index (χ0) is 28.6. The lowest BCUT2D eigenvalue weighted by Gasteiger charge is -2.10. The van der Waals surface area contributed by atoms with Gasteiger partial charge in [0.05, 0.1) is 22.8 Å². The zero-order valence-electron chi connectivity index (χ0n) is 23.2. The molecule has 0 aliphatic carbocycles. The Hall–Kier alpha value is -5.87. The molecule has 0 saturated carbocycles. The second kappa shape index (κ2) is 10.5. The van der Waals surface area contributed by atoms with E-state index in [9.17, 15) is 0 Å². The van der Waals surface area contributed by atoms with E-state index in [4.69, 9.17) is 14.4 Å². The van der Waals surface area contributed by atoms with Gasteiger partial charge in [0, 0.05) is 28.7 Å². The Bertz CT molecular complexity index is 2150. The van der Waals surface area contributed by atoms with Crippen molar-refractivity contribution in [2.45, 2.75) is 0 Å². The molecule has 4 nitrogen and oxygen atoms in total. The largest absolute Gasteiger partial charge is 0.456 e. The van der Waals surface area contributed by atoms with Crippen LogP contribution >= 0.6 is 0 Å². The van der Waals surface area contributed by atoms with Gasteiger partial charge < -0.3 is 4.42 Å². The van der Waals surface area contributed by atoms with Crippen LogP contribution in [0.15, 0.2) is 156 Å². The smallest absolute Gasteiger partial charge is 0.135 e. The third-order valence-corrected chi connectivity index (χ3v) is 7.81. The first-order valence-electron chi connectivity index (χ1n) is 14.3. The highest BCUT2D eigenvalue weighted by Crippen LogP contribution is 2.34. The Balaban J connectivity index is 1.11. The molecule has 4 heterocycles. The summed E-state index contributed by atoms with van der Waals surface area (Å²) in [6.45, 7) is 0. The summed E-state index contributed by atoms with van der Waals surface area (Å²) in [6, 6.07) is 47.7. The first-order chi connectivity index (χ1) is 21.3. The van der Waals surface area contributed by atoms with E-state index in [0.717, 1.165) is 78.1 Å². The molecule has 202 valence electrons. The van der Waals surface area contributed by atoms with Crippen LogP contribution in [0, 0.1) is 0 Å². The maximum Gasteiger partial charge on any atom is 0.135 e. The summed E-state index contributed by atoms with van der Waals surface area (Å²) < 4.78 is 6.01. The van der Waals surface area contributed by atoms with Gasteiger partial charge in [-0.2, -0.15) is 0 Å². The minimum Gasteiger partial charge on any atom is -0.456 e. The molecule has 4 heteroatoms. The fourth-order valence-electron chi connectivity index (χ4n) is 5.58. The monoisotopic (exact) mass is 551 g/mol. The van der Waals surface area contributed by atoms with E-state index >= 15 is 0 Å². The molecule has 0 atom stereocenters. The van der Waals surface area contributed by atoms with E-state index in [1.165, 1.54) is 0 Å². The maximum absolute atomic E-state index is 6.01. The van der Waals surface area contributed by atoms with Gasteiger partial charge in [-0.1, -0.05) is 91.0 Å². The van der Waals surface area contributed by atoms with E-state index < -0.39 is 0 Å². The van der Waals surface area contributed by atoms with Crippen molar-refractivity contribution >= 4 is 21.9 Å². The molecule has 4 aromatic heterocycles. The van der Waals surface area contributed by atoms with Gasteiger partial charge in [-0.3, -0.25) is 9.97 Å². The molecule has 4 aromatic carbocycles. The van der Waals surface area contributed by atoms with Crippen molar-refractivity contribution in [2.24, 2.45) is 0 Å². The summed E-state index contributed by atoms with van der Waals surface area (Å²) in [6.07, 6.45) is 3.72. The summed E-state index contributed by atoms with van der Waals surface area (Å²) in [4.78, 5) is 14.3. The van der Waals surface area contributed by atoms with Gasteiger partial charge in [-0.05, 0) is 76.3 Å². The van der Waals surface area contributed by atoms with Gasteiger partial charge >= 0.3 is 0 Å². The predicted octanol–water partition coefficient (Wildman–Crippen LogP) is 10.1. The third kappa shape index (κ3) is 4.75. The Morgan fingerprint density at radius 3 is 1.74 bits per heavy atom. The number of hydrogen-bond acceptors (Lipinski definition) is 4. The Morgan fingerprint density at radius 2 is 1.00 bits per heavy atom.